The number of nitrogens with zero attached hydrogens (tertiary/aromatic N) is 1. The van der Waals surface area contributed by atoms with Crippen LogP contribution in [0.15, 0.2) is 53.4 Å². The van der Waals surface area contributed by atoms with Gasteiger partial charge in [-0.2, -0.15) is 0 Å². The number of benzene rings is 2. The van der Waals surface area contributed by atoms with E-state index in [1.807, 2.05) is 36.4 Å². The number of amides is 2. The zero-order chi connectivity index (χ0) is 22.2. The van der Waals surface area contributed by atoms with Crippen molar-refractivity contribution in [2.75, 3.05) is 19.0 Å². The number of unbranched alkanes of at least 4 members (excludes halogenated alkanes) is 2. The zero-order valence-electron chi connectivity index (χ0n) is 17.1. The molecule has 0 radical (unpaired) electrons. The first-order valence-corrected chi connectivity index (χ1v) is 11.5. The van der Waals surface area contributed by atoms with Crippen molar-refractivity contribution in [2.24, 2.45) is 0 Å². The maximum Gasteiger partial charge on any atom is 0.266 e. The lowest BCUT2D eigenvalue weighted by atomic mass is 10.1. The van der Waals surface area contributed by atoms with E-state index in [9.17, 15) is 9.59 Å². The second-order valence-corrected chi connectivity index (χ2v) is 9.06. The lowest BCUT2D eigenvalue weighted by Gasteiger charge is -2.14. The van der Waals surface area contributed by atoms with Crippen molar-refractivity contribution in [1.29, 1.82) is 0 Å². The van der Waals surface area contributed by atoms with Gasteiger partial charge in [-0.3, -0.25) is 14.5 Å². The fourth-order valence-electron chi connectivity index (χ4n) is 3.10. The molecule has 0 aromatic heterocycles. The topological polar surface area (TPSA) is 58.6 Å². The molecule has 0 unspecified atom stereocenters. The molecule has 0 saturated carbocycles. The van der Waals surface area contributed by atoms with Crippen molar-refractivity contribution in [3.05, 3.63) is 64.0 Å². The minimum absolute atomic E-state index is 0.0546. The minimum atomic E-state index is -0.0705. The van der Waals surface area contributed by atoms with Gasteiger partial charge in [-0.15, -0.1) is 0 Å². The number of hydrogen-bond donors (Lipinski definition) is 1. The molecule has 0 spiro atoms. The summed E-state index contributed by atoms with van der Waals surface area (Å²) in [6, 6.07) is 14.6. The van der Waals surface area contributed by atoms with Crippen molar-refractivity contribution in [3.63, 3.8) is 0 Å². The van der Waals surface area contributed by atoms with Crippen LogP contribution in [0.25, 0.3) is 6.08 Å². The summed E-state index contributed by atoms with van der Waals surface area (Å²) in [5, 5.41) is 3.53. The third-order valence-electron chi connectivity index (χ3n) is 4.71. The van der Waals surface area contributed by atoms with Gasteiger partial charge in [-0.25, -0.2) is 0 Å². The first-order chi connectivity index (χ1) is 15.0. The van der Waals surface area contributed by atoms with Gasteiger partial charge in [0.15, 0.2) is 0 Å². The Bertz CT molecular complexity index is 993. The van der Waals surface area contributed by atoms with Gasteiger partial charge in [0.2, 0.25) is 5.91 Å². The maximum absolute atomic E-state index is 12.7. The molecule has 2 amide bonds. The molecule has 2 aromatic rings. The predicted molar refractivity (Wildman–Crippen MR) is 131 cm³/mol. The Morgan fingerprint density at radius 2 is 1.90 bits per heavy atom. The van der Waals surface area contributed by atoms with E-state index < -0.39 is 0 Å². The molecule has 0 atom stereocenters. The molecule has 162 valence electrons. The third-order valence-corrected chi connectivity index (χ3v) is 6.34. The molecule has 0 bridgehead atoms. The van der Waals surface area contributed by atoms with E-state index in [-0.39, 0.29) is 11.8 Å². The van der Waals surface area contributed by atoms with Crippen LogP contribution in [0, 0.1) is 0 Å². The number of carbonyl (C=O) groups is 2. The van der Waals surface area contributed by atoms with Gasteiger partial charge in [-0.05, 0) is 48.7 Å². The number of ether oxygens (including phenoxy) is 1. The van der Waals surface area contributed by atoms with Crippen LogP contribution in [0.2, 0.25) is 5.02 Å². The molecule has 8 heteroatoms. The van der Waals surface area contributed by atoms with E-state index in [0.29, 0.717) is 38.7 Å². The number of nitrogens with one attached hydrogen (secondary N) is 1. The highest BCUT2D eigenvalue weighted by Gasteiger charge is 2.31. The fraction of sp³-hybridized carbons (Fsp3) is 0.261. The summed E-state index contributed by atoms with van der Waals surface area (Å²) >= 11 is 12.6. The molecule has 1 fully saturated rings. The first kappa shape index (κ1) is 23.3. The molecule has 1 N–H and O–H groups in total. The summed E-state index contributed by atoms with van der Waals surface area (Å²) in [6.45, 7) is 0.552. The van der Waals surface area contributed by atoms with Gasteiger partial charge in [0, 0.05) is 18.0 Å². The Morgan fingerprint density at radius 3 is 2.65 bits per heavy atom. The van der Waals surface area contributed by atoms with E-state index in [4.69, 9.17) is 28.6 Å². The maximum atomic E-state index is 12.7. The molecule has 1 aliphatic heterocycles. The third kappa shape index (κ3) is 6.56. The van der Waals surface area contributed by atoms with E-state index in [0.717, 1.165) is 24.8 Å². The highest BCUT2D eigenvalue weighted by molar-refractivity contribution is 8.26. The monoisotopic (exact) mass is 474 g/mol. The van der Waals surface area contributed by atoms with Crippen LogP contribution in [0.1, 0.15) is 31.2 Å². The highest BCUT2D eigenvalue weighted by Crippen LogP contribution is 2.33. The van der Waals surface area contributed by atoms with Gasteiger partial charge < -0.3 is 10.1 Å². The summed E-state index contributed by atoms with van der Waals surface area (Å²) in [4.78, 5) is 27.1. The van der Waals surface area contributed by atoms with Gasteiger partial charge in [0.25, 0.3) is 5.91 Å². The number of methoxy groups -OCH3 is 1. The van der Waals surface area contributed by atoms with Crippen LogP contribution in [0.5, 0.6) is 5.75 Å². The Hall–Kier alpha value is -2.35. The summed E-state index contributed by atoms with van der Waals surface area (Å²) in [6.07, 6.45) is 4.58. The van der Waals surface area contributed by atoms with Gasteiger partial charge in [0.1, 0.15) is 10.1 Å². The molecule has 5 nitrogen and oxygen atoms in total. The minimum Gasteiger partial charge on any atom is -0.495 e. The van der Waals surface area contributed by atoms with E-state index >= 15 is 0 Å². The fourth-order valence-corrected chi connectivity index (χ4v) is 4.53. The van der Waals surface area contributed by atoms with Crippen LogP contribution in [0.3, 0.4) is 0 Å². The standard InChI is InChI=1S/C23H23ClN2O3S2/c1-29-19-8-5-4-7-18(19)25-21(27)9-3-2-6-14-26-22(28)20(31-23(26)30)15-16-10-12-17(24)13-11-16/h4-5,7-8,10-13,15H,2-3,6,9,14H2,1H3,(H,25,27). The number of carbonyl (C=O) groups excluding carboxylic acids is 2. The Kier molecular flexibility index (Phi) is 8.51. The number of anilines is 1. The van der Waals surface area contributed by atoms with Crippen LogP contribution in [-0.4, -0.2) is 34.7 Å². The van der Waals surface area contributed by atoms with Gasteiger partial charge >= 0.3 is 0 Å². The number of para-hydroxylation sites is 2. The van der Waals surface area contributed by atoms with E-state index in [1.165, 1.54) is 11.8 Å². The number of rotatable bonds is 9. The quantitative estimate of drug-likeness (QED) is 0.285. The molecular formula is C23H23ClN2O3S2. The van der Waals surface area contributed by atoms with Crippen molar-refractivity contribution < 1.29 is 14.3 Å². The summed E-state index contributed by atoms with van der Waals surface area (Å²) in [7, 11) is 1.57. The normalized spacial score (nSPS) is 14.9. The SMILES string of the molecule is COc1ccccc1NC(=O)CCCCCN1C(=O)C(=Cc2ccc(Cl)cc2)SC1=S. The average molecular weight is 475 g/mol. The summed E-state index contributed by atoms with van der Waals surface area (Å²) in [5.41, 5.74) is 1.57. The smallest absolute Gasteiger partial charge is 0.266 e. The van der Waals surface area contributed by atoms with Crippen LogP contribution >= 0.6 is 35.6 Å². The summed E-state index contributed by atoms with van der Waals surface area (Å²) in [5.74, 6) is 0.511. The largest absolute Gasteiger partial charge is 0.495 e. The first-order valence-electron chi connectivity index (χ1n) is 9.92. The van der Waals surface area contributed by atoms with Crippen molar-refractivity contribution in [2.45, 2.75) is 25.7 Å². The van der Waals surface area contributed by atoms with Crippen LogP contribution in [0.4, 0.5) is 5.69 Å². The molecule has 0 aliphatic carbocycles. The van der Waals surface area contributed by atoms with Gasteiger partial charge in [0.05, 0.1) is 17.7 Å². The molecule has 2 aromatic carbocycles. The van der Waals surface area contributed by atoms with E-state index in [2.05, 4.69) is 5.32 Å². The van der Waals surface area contributed by atoms with Crippen LogP contribution < -0.4 is 10.1 Å². The Labute approximate surface area is 196 Å². The lowest BCUT2D eigenvalue weighted by molar-refractivity contribution is -0.122. The number of thioether (sulfide) groups is 1. The van der Waals surface area contributed by atoms with Crippen molar-refractivity contribution in [1.82, 2.24) is 4.90 Å². The Balaban J connectivity index is 1.42. The lowest BCUT2D eigenvalue weighted by Crippen LogP contribution is -2.29. The number of halogens is 1. The number of hydrogen-bond acceptors (Lipinski definition) is 5. The predicted octanol–water partition coefficient (Wildman–Crippen LogP) is 5.75. The second-order valence-electron chi connectivity index (χ2n) is 6.94. The number of thiocarbonyl (C=S) groups is 1. The summed E-state index contributed by atoms with van der Waals surface area (Å²) < 4.78 is 5.81. The molecule has 31 heavy (non-hydrogen) atoms. The molecule has 1 heterocycles. The Morgan fingerprint density at radius 1 is 1.16 bits per heavy atom. The highest BCUT2D eigenvalue weighted by atomic mass is 35.5. The second kappa shape index (κ2) is 11.3. The van der Waals surface area contributed by atoms with E-state index in [1.54, 1.807) is 30.2 Å². The molecule has 1 saturated heterocycles. The molecular weight excluding hydrogens is 452 g/mol. The van der Waals surface area contributed by atoms with Crippen molar-refractivity contribution >= 4 is 63.5 Å². The van der Waals surface area contributed by atoms with Crippen molar-refractivity contribution in [3.8, 4) is 5.75 Å². The molecule has 1 aliphatic rings. The average Bonchev–Trinajstić information content (AvgIpc) is 3.02. The molecule has 3 rings (SSSR count). The van der Waals surface area contributed by atoms with Gasteiger partial charge in [-0.1, -0.05) is 66.3 Å². The zero-order valence-corrected chi connectivity index (χ0v) is 19.5. The van der Waals surface area contributed by atoms with Crippen LogP contribution in [-0.2, 0) is 9.59 Å².